The third-order valence-electron chi connectivity index (χ3n) is 2.33. The largest absolute Gasteiger partial charge is 0.356 e. The lowest BCUT2D eigenvalue weighted by atomic mass is 10.1. The zero-order chi connectivity index (χ0) is 12.3. The van der Waals surface area contributed by atoms with Gasteiger partial charge in [-0.05, 0) is 7.05 Å². The third-order valence-corrected chi connectivity index (χ3v) is 2.33. The maximum atomic E-state index is 10.7. The molecule has 6 heteroatoms. The van der Waals surface area contributed by atoms with Crippen molar-refractivity contribution < 1.29 is 9.45 Å². The Hall–Kier alpha value is -2.21. The fourth-order valence-corrected chi connectivity index (χ4v) is 1.58. The molecule has 1 aromatic heterocycles. The molecule has 1 heterocycles. The number of nitro groups is 1. The second-order valence-electron chi connectivity index (χ2n) is 3.52. The summed E-state index contributed by atoms with van der Waals surface area (Å²) in [6.07, 6.45) is 1.60. The van der Waals surface area contributed by atoms with E-state index in [1.54, 1.807) is 18.3 Å². The molecule has 0 amide bonds. The Morgan fingerprint density at radius 1 is 1.53 bits per heavy atom. The molecule has 0 saturated carbocycles. The Bertz CT molecular complexity index is 536. The molecule has 0 saturated heterocycles. The predicted octanol–water partition coefficient (Wildman–Crippen LogP) is 1.97. The number of rotatable bonds is 4. The molecule has 0 aliphatic heterocycles. The number of nitro benzene ring substituents is 1. The summed E-state index contributed by atoms with van der Waals surface area (Å²) in [5.74, 6) is 0.558. The Balaban J connectivity index is 2.42. The van der Waals surface area contributed by atoms with Gasteiger partial charge in [0.2, 0.25) is 0 Å². The molecule has 2 aromatic rings. The lowest BCUT2D eigenvalue weighted by Crippen LogP contribution is -2.04. The van der Waals surface area contributed by atoms with Crippen LogP contribution in [-0.4, -0.2) is 17.1 Å². The number of hydrogen-bond donors (Lipinski definition) is 1. The summed E-state index contributed by atoms with van der Waals surface area (Å²) < 4.78 is 5.13. The van der Waals surface area contributed by atoms with Crippen LogP contribution < -0.4 is 5.32 Å². The number of aromatic nitrogens is 1. The van der Waals surface area contributed by atoms with Gasteiger partial charge in [0.05, 0.1) is 11.1 Å². The molecule has 2 rings (SSSR count). The Labute approximate surface area is 97.4 Å². The number of nitrogens with zero attached hydrogens (tertiary/aromatic N) is 2. The molecule has 1 aromatic carbocycles. The Morgan fingerprint density at radius 2 is 2.35 bits per heavy atom. The minimum Gasteiger partial charge on any atom is -0.356 e. The molecule has 17 heavy (non-hydrogen) atoms. The molecule has 6 nitrogen and oxygen atoms in total. The quantitative estimate of drug-likeness (QED) is 0.645. The first kappa shape index (κ1) is 11.3. The smallest absolute Gasteiger partial charge is 0.270 e. The van der Waals surface area contributed by atoms with Gasteiger partial charge in [0.1, 0.15) is 0 Å². The van der Waals surface area contributed by atoms with Gasteiger partial charge in [-0.3, -0.25) is 10.1 Å². The van der Waals surface area contributed by atoms with Crippen LogP contribution in [-0.2, 0) is 6.54 Å². The van der Waals surface area contributed by atoms with Crippen LogP contribution in [0.25, 0.3) is 11.3 Å². The number of nitrogens with one attached hydrogen (secondary N) is 1. The highest BCUT2D eigenvalue weighted by Crippen LogP contribution is 2.26. The van der Waals surface area contributed by atoms with Crippen LogP contribution in [0.2, 0.25) is 0 Å². The van der Waals surface area contributed by atoms with Crippen molar-refractivity contribution in [3.05, 3.63) is 46.1 Å². The zero-order valence-corrected chi connectivity index (χ0v) is 9.21. The van der Waals surface area contributed by atoms with Crippen LogP contribution in [0.5, 0.6) is 0 Å². The standard InChI is InChI=1S/C11H11N3O3/c1-12-6-9-7-13-17-11(9)8-3-2-4-10(5-8)14(15)16/h2-5,7,12H,6H2,1H3. The third kappa shape index (κ3) is 2.31. The first-order valence-electron chi connectivity index (χ1n) is 5.05. The van der Waals surface area contributed by atoms with E-state index in [0.717, 1.165) is 5.56 Å². The van der Waals surface area contributed by atoms with Gasteiger partial charge < -0.3 is 9.84 Å². The molecule has 0 spiro atoms. The van der Waals surface area contributed by atoms with Crippen molar-refractivity contribution in [2.45, 2.75) is 6.54 Å². The molecule has 0 radical (unpaired) electrons. The van der Waals surface area contributed by atoms with E-state index in [0.29, 0.717) is 17.9 Å². The van der Waals surface area contributed by atoms with Gasteiger partial charge >= 0.3 is 0 Å². The molecule has 88 valence electrons. The summed E-state index contributed by atoms with van der Waals surface area (Å²) in [7, 11) is 1.81. The molecule has 0 fully saturated rings. The molecule has 0 aliphatic rings. The molecular formula is C11H11N3O3. The van der Waals surface area contributed by atoms with Crippen LogP contribution in [0.3, 0.4) is 0 Å². The van der Waals surface area contributed by atoms with E-state index in [2.05, 4.69) is 10.5 Å². The van der Waals surface area contributed by atoms with E-state index in [-0.39, 0.29) is 5.69 Å². The van der Waals surface area contributed by atoms with E-state index < -0.39 is 4.92 Å². The monoisotopic (exact) mass is 233 g/mol. The highest BCUT2D eigenvalue weighted by atomic mass is 16.6. The van der Waals surface area contributed by atoms with Gasteiger partial charge in [-0.25, -0.2) is 0 Å². The minimum absolute atomic E-state index is 0.0364. The summed E-state index contributed by atoms with van der Waals surface area (Å²) in [6, 6.07) is 6.29. The van der Waals surface area contributed by atoms with Crippen molar-refractivity contribution in [2.75, 3.05) is 7.05 Å². The van der Waals surface area contributed by atoms with Crippen molar-refractivity contribution in [1.29, 1.82) is 0 Å². The SMILES string of the molecule is CNCc1cnoc1-c1cccc([N+](=O)[O-])c1. The number of hydrogen-bond acceptors (Lipinski definition) is 5. The topological polar surface area (TPSA) is 81.2 Å². The van der Waals surface area contributed by atoms with Gasteiger partial charge in [-0.1, -0.05) is 17.3 Å². The highest BCUT2D eigenvalue weighted by molar-refractivity contribution is 5.63. The van der Waals surface area contributed by atoms with E-state index in [1.807, 2.05) is 7.05 Å². The van der Waals surface area contributed by atoms with Crippen LogP contribution in [0.4, 0.5) is 5.69 Å². The van der Waals surface area contributed by atoms with Crippen molar-refractivity contribution in [3.8, 4) is 11.3 Å². The molecular weight excluding hydrogens is 222 g/mol. The van der Waals surface area contributed by atoms with Crippen LogP contribution in [0, 0.1) is 10.1 Å². The summed E-state index contributed by atoms with van der Waals surface area (Å²) in [6.45, 7) is 0.599. The van der Waals surface area contributed by atoms with Crippen molar-refractivity contribution >= 4 is 5.69 Å². The lowest BCUT2D eigenvalue weighted by molar-refractivity contribution is -0.384. The summed E-state index contributed by atoms with van der Waals surface area (Å²) >= 11 is 0. The Kier molecular flexibility index (Phi) is 3.15. The van der Waals surface area contributed by atoms with Gasteiger partial charge in [0.25, 0.3) is 5.69 Å². The van der Waals surface area contributed by atoms with Gasteiger partial charge in [0, 0.05) is 29.8 Å². The van der Waals surface area contributed by atoms with E-state index in [9.17, 15) is 10.1 Å². The second kappa shape index (κ2) is 4.75. The fraction of sp³-hybridized carbons (Fsp3) is 0.182. The maximum absolute atomic E-state index is 10.7. The van der Waals surface area contributed by atoms with Crippen molar-refractivity contribution in [3.63, 3.8) is 0 Å². The van der Waals surface area contributed by atoms with Crippen LogP contribution >= 0.6 is 0 Å². The maximum Gasteiger partial charge on any atom is 0.270 e. The summed E-state index contributed by atoms with van der Waals surface area (Å²) in [4.78, 5) is 10.2. The van der Waals surface area contributed by atoms with E-state index in [4.69, 9.17) is 4.52 Å². The lowest BCUT2D eigenvalue weighted by Gasteiger charge is -2.00. The fourth-order valence-electron chi connectivity index (χ4n) is 1.58. The van der Waals surface area contributed by atoms with Crippen LogP contribution in [0.15, 0.2) is 35.0 Å². The molecule has 1 N–H and O–H groups in total. The first-order valence-corrected chi connectivity index (χ1v) is 5.05. The minimum atomic E-state index is -0.433. The average Bonchev–Trinajstić information content (AvgIpc) is 2.78. The van der Waals surface area contributed by atoms with E-state index in [1.165, 1.54) is 12.1 Å². The van der Waals surface area contributed by atoms with Crippen molar-refractivity contribution in [1.82, 2.24) is 10.5 Å². The summed E-state index contributed by atoms with van der Waals surface area (Å²) in [5.41, 5.74) is 1.56. The van der Waals surface area contributed by atoms with E-state index >= 15 is 0 Å². The van der Waals surface area contributed by atoms with Gasteiger partial charge in [0.15, 0.2) is 5.76 Å². The number of benzene rings is 1. The van der Waals surface area contributed by atoms with Crippen molar-refractivity contribution in [2.24, 2.45) is 0 Å². The van der Waals surface area contributed by atoms with Gasteiger partial charge in [-0.2, -0.15) is 0 Å². The normalized spacial score (nSPS) is 10.4. The zero-order valence-electron chi connectivity index (χ0n) is 9.21. The highest BCUT2D eigenvalue weighted by Gasteiger charge is 2.13. The molecule has 0 aliphatic carbocycles. The second-order valence-corrected chi connectivity index (χ2v) is 3.52. The number of non-ortho nitro benzene ring substituents is 1. The average molecular weight is 233 g/mol. The molecule has 0 bridgehead atoms. The first-order chi connectivity index (χ1) is 8.22. The van der Waals surface area contributed by atoms with Gasteiger partial charge in [-0.15, -0.1) is 0 Å². The predicted molar refractivity (Wildman–Crippen MR) is 61.4 cm³/mol. The van der Waals surface area contributed by atoms with Crippen LogP contribution in [0.1, 0.15) is 5.56 Å². The molecule has 0 atom stereocenters. The summed E-state index contributed by atoms with van der Waals surface area (Å²) in [5, 5.41) is 17.4. The Morgan fingerprint density at radius 3 is 3.06 bits per heavy atom. The molecule has 0 unspecified atom stereocenters.